The highest BCUT2D eigenvalue weighted by Gasteiger charge is 2.23. The van der Waals surface area contributed by atoms with E-state index in [-0.39, 0.29) is 0 Å². The third-order valence-electron chi connectivity index (χ3n) is 4.23. The molecule has 4 rings (SSSR count). The predicted octanol–water partition coefficient (Wildman–Crippen LogP) is 4.66. The Balaban J connectivity index is 1.75. The van der Waals surface area contributed by atoms with E-state index in [0.717, 1.165) is 0 Å². The number of H-pyrrole nitrogens is 1. The summed E-state index contributed by atoms with van der Waals surface area (Å²) in [5, 5.41) is 5.06. The summed E-state index contributed by atoms with van der Waals surface area (Å²) >= 11 is 0. The van der Waals surface area contributed by atoms with Gasteiger partial charge in [0.2, 0.25) is 0 Å². The van der Waals surface area contributed by atoms with Crippen LogP contribution in [0.3, 0.4) is 0 Å². The molecule has 20 heavy (non-hydrogen) atoms. The molecule has 1 aliphatic rings. The first-order valence-electron chi connectivity index (χ1n) is 7.33. The number of benzene rings is 2. The van der Waals surface area contributed by atoms with Gasteiger partial charge >= 0.3 is 0 Å². The molecule has 2 aromatic carbocycles. The molecule has 3 aromatic rings. The number of nitrogens with one attached hydrogen (secondary N) is 2. The molecule has 0 saturated heterocycles. The maximum Gasteiger partial charge on any atom is 0.0666 e. The van der Waals surface area contributed by atoms with Gasteiger partial charge in [0.1, 0.15) is 0 Å². The topological polar surface area (TPSA) is 27.8 Å². The predicted molar refractivity (Wildman–Crippen MR) is 84.0 cm³/mol. The van der Waals surface area contributed by atoms with Crippen LogP contribution in [0.4, 0.5) is 5.69 Å². The van der Waals surface area contributed by atoms with Crippen LogP contribution in [0.1, 0.15) is 30.1 Å². The van der Waals surface area contributed by atoms with Crippen LogP contribution >= 0.6 is 0 Å². The number of para-hydroxylation sites is 2. The highest BCUT2D eigenvalue weighted by molar-refractivity contribution is 5.85. The number of aromatic amines is 1. The van der Waals surface area contributed by atoms with Crippen molar-refractivity contribution in [1.29, 1.82) is 0 Å². The first-order valence-corrected chi connectivity index (χ1v) is 7.33. The number of rotatable bonds is 2. The number of aryl methyl sites for hydroxylation is 1. The fourth-order valence-electron chi connectivity index (χ4n) is 3.29. The molecule has 0 radical (unpaired) electrons. The van der Waals surface area contributed by atoms with Crippen LogP contribution in [0, 0.1) is 0 Å². The van der Waals surface area contributed by atoms with E-state index in [1.165, 1.54) is 47.1 Å². The highest BCUT2D eigenvalue weighted by atomic mass is 15.0. The molecule has 1 heterocycles. The lowest BCUT2D eigenvalue weighted by Crippen LogP contribution is -2.17. The Morgan fingerprint density at radius 1 is 0.950 bits per heavy atom. The third kappa shape index (κ3) is 1.88. The van der Waals surface area contributed by atoms with Gasteiger partial charge in [-0.3, -0.25) is 0 Å². The lowest BCUT2D eigenvalue weighted by molar-refractivity contribution is 0.593. The molecule has 1 aromatic heterocycles. The number of hydrogen-bond acceptors (Lipinski definition) is 1. The van der Waals surface area contributed by atoms with Crippen molar-refractivity contribution in [2.45, 2.75) is 25.3 Å². The van der Waals surface area contributed by atoms with E-state index in [2.05, 4.69) is 64.9 Å². The minimum absolute atomic E-state index is 0.397. The minimum Gasteiger partial charge on any atom is -0.377 e. The molecule has 0 bridgehead atoms. The molecule has 0 fully saturated rings. The molecule has 0 aliphatic heterocycles. The van der Waals surface area contributed by atoms with E-state index in [0.29, 0.717) is 6.04 Å². The zero-order valence-corrected chi connectivity index (χ0v) is 11.4. The van der Waals surface area contributed by atoms with Crippen LogP contribution in [0.5, 0.6) is 0 Å². The zero-order chi connectivity index (χ0) is 13.4. The lowest BCUT2D eigenvalue weighted by Gasteiger charge is -2.24. The number of hydrogen-bond donors (Lipinski definition) is 2. The monoisotopic (exact) mass is 262 g/mol. The van der Waals surface area contributed by atoms with Crippen molar-refractivity contribution in [1.82, 2.24) is 4.98 Å². The van der Waals surface area contributed by atoms with Gasteiger partial charge < -0.3 is 10.3 Å². The van der Waals surface area contributed by atoms with Gasteiger partial charge in [0.15, 0.2) is 0 Å². The van der Waals surface area contributed by atoms with Crippen molar-refractivity contribution in [3.05, 3.63) is 65.9 Å². The molecule has 1 aliphatic carbocycles. The Hall–Kier alpha value is -2.22. The highest BCUT2D eigenvalue weighted by Crippen LogP contribution is 2.36. The van der Waals surface area contributed by atoms with E-state index in [4.69, 9.17) is 0 Å². The van der Waals surface area contributed by atoms with E-state index in [1.807, 2.05) is 0 Å². The summed E-state index contributed by atoms with van der Waals surface area (Å²) in [6.07, 6.45) is 3.63. The molecule has 2 N–H and O–H groups in total. The average Bonchev–Trinajstić information content (AvgIpc) is 2.88. The first kappa shape index (κ1) is 11.6. The van der Waals surface area contributed by atoms with Gasteiger partial charge in [-0.15, -0.1) is 0 Å². The molecule has 0 saturated carbocycles. The molecular formula is C18H18N2. The van der Waals surface area contributed by atoms with Crippen LogP contribution in [-0.4, -0.2) is 4.98 Å². The molecular weight excluding hydrogens is 244 g/mol. The average molecular weight is 262 g/mol. The van der Waals surface area contributed by atoms with Gasteiger partial charge in [0.05, 0.1) is 6.04 Å². The van der Waals surface area contributed by atoms with Crippen molar-refractivity contribution < 1.29 is 0 Å². The quantitative estimate of drug-likeness (QED) is 0.691. The number of aromatic nitrogens is 1. The number of fused-ring (bicyclic) bond motifs is 3. The summed E-state index contributed by atoms with van der Waals surface area (Å²) < 4.78 is 0. The smallest absolute Gasteiger partial charge is 0.0666 e. The molecule has 100 valence electrons. The normalized spacial score (nSPS) is 17.9. The second kappa shape index (κ2) is 4.71. The van der Waals surface area contributed by atoms with Crippen LogP contribution in [0.25, 0.3) is 10.9 Å². The van der Waals surface area contributed by atoms with E-state index in [9.17, 15) is 0 Å². The fourth-order valence-corrected chi connectivity index (χ4v) is 3.29. The van der Waals surface area contributed by atoms with Crippen LogP contribution in [-0.2, 0) is 6.42 Å². The summed E-state index contributed by atoms with van der Waals surface area (Å²) in [4.78, 5) is 3.62. The second-order valence-electron chi connectivity index (χ2n) is 5.52. The largest absolute Gasteiger partial charge is 0.377 e. The maximum atomic E-state index is 3.67. The van der Waals surface area contributed by atoms with Crippen LogP contribution in [0.15, 0.2) is 54.6 Å². The van der Waals surface area contributed by atoms with Gasteiger partial charge in [0, 0.05) is 22.3 Å². The molecule has 0 amide bonds. The van der Waals surface area contributed by atoms with Crippen molar-refractivity contribution in [3.63, 3.8) is 0 Å². The lowest BCUT2D eigenvalue weighted by atomic mass is 9.91. The first-order chi connectivity index (χ1) is 9.92. The summed E-state index contributed by atoms with van der Waals surface area (Å²) in [6.45, 7) is 0. The van der Waals surface area contributed by atoms with Gasteiger partial charge in [-0.25, -0.2) is 0 Å². The van der Waals surface area contributed by atoms with Crippen molar-refractivity contribution in [2.75, 3.05) is 5.32 Å². The summed E-state index contributed by atoms with van der Waals surface area (Å²) in [5.74, 6) is 0. The van der Waals surface area contributed by atoms with Crippen LogP contribution in [0.2, 0.25) is 0 Å². The molecule has 0 spiro atoms. The summed E-state index contributed by atoms with van der Waals surface area (Å²) in [5.41, 5.74) is 5.34. The summed E-state index contributed by atoms with van der Waals surface area (Å²) in [6, 6.07) is 19.5. The Morgan fingerprint density at radius 3 is 2.65 bits per heavy atom. The maximum absolute atomic E-state index is 3.67. The van der Waals surface area contributed by atoms with E-state index >= 15 is 0 Å². The van der Waals surface area contributed by atoms with Crippen molar-refractivity contribution in [3.8, 4) is 0 Å². The molecule has 0 unspecified atom stereocenters. The Labute approximate surface area is 118 Å². The SMILES string of the molecule is c1ccc(N[C@H]2CCCc3c2[nH]c2ccccc32)cc1. The van der Waals surface area contributed by atoms with Gasteiger partial charge in [-0.1, -0.05) is 36.4 Å². The third-order valence-corrected chi connectivity index (χ3v) is 4.23. The van der Waals surface area contributed by atoms with Crippen molar-refractivity contribution >= 4 is 16.6 Å². The molecule has 2 nitrogen and oxygen atoms in total. The van der Waals surface area contributed by atoms with E-state index < -0.39 is 0 Å². The van der Waals surface area contributed by atoms with Crippen molar-refractivity contribution in [2.24, 2.45) is 0 Å². The van der Waals surface area contributed by atoms with E-state index in [1.54, 1.807) is 0 Å². The summed E-state index contributed by atoms with van der Waals surface area (Å²) in [7, 11) is 0. The molecule has 2 heteroatoms. The Kier molecular flexibility index (Phi) is 2.73. The zero-order valence-electron chi connectivity index (χ0n) is 11.4. The molecule has 1 atom stereocenters. The van der Waals surface area contributed by atoms with Gasteiger partial charge in [-0.05, 0) is 43.0 Å². The Morgan fingerprint density at radius 2 is 1.75 bits per heavy atom. The van der Waals surface area contributed by atoms with Crippen LogP contribution < -0.4 is 5.32 Å². The van der Waals surface area contributed by atoms with Gasteiger partial charge in [0.25, 0.3) is 0 Å². The number of anilines is 1. The Bertz CT molecular complexity index is 728. The fraction of sp³-hybridized carbons (Fsp3) is 0.222. The second-order valence-corrected chi connectivity index (χ2v) is 5.52. The minimum atomic E-state index is 0.397. The van der Waals surface area contributed by atoms with Gasteiger partial charge in [-0.2, -0.15) is 0 Å². The standard InChI is InChI=1S/C18H18N2/c1-2-7-13(8-3-1)19-17-12-6-10-15-14-9-4-5-11-16(14)20-18(15)17/h1-5,7-9,11,17,19-20H,6,10,12H2/t17-/m0/s1.